The van der Waals surface area contributed by atoms with E-state index in [0.717, 1.165) is 27.8 Å². The number of aromatic nitrogens is 3. The third-order valence-electron chi connectivity index (χ3n) is 9.10. The molecule has 5 rings (SSSR count). The van der Waals surface area contributed by atoms with Crippen molar-refractivity contribution in [1.82, 2.24) is 15.0 Å². The van der Waals surface area contributed by atoms with E-state index in [1.807, 2.05) is 97.1 Å². The standard InChI is InChI=1S/C40H47N3O5Si/c1-28(2)33-23-34(36(47-26-30-17-13-10-14-18-30)24-35(33)46-25-29-15-11-9-12-16-29)43-38(37(41-42-43)39(44)45-6)32-21-19-31(20-22-32)27-48-49(7,8)40(3,4)5/h9-24,28H,25-27H2,1-8H3. The van der Waals surface area contributed by atoms with Crippen LogP contribution in [0.25, 0.3) is 16.9 Å². The molecule has 0 N–H and O–H groups in total. The number of hydrogen-bond donors (Lipinski definition) is 0. The average Bonchev–Trinajstić information content (AvgIpc) is 3.54. The Morgan fingerprint density at radius 1 is 0.776 bits per heavy atom. The van der Waals surface area contributed by atoms with Crippen LogP contribution in [-0.2, 0) is 29.0 Å². The molecule has 0 aliphatic heterocycles. The first-order valence-corrected chi connectivity index (χ1v) is 19.6. The largest absolute Gasteiger partial charge is 0.488 e. The lowest BCUT2D eigenvalue weighted by atomic mass is 10.00. The summed E-state index contributed by atoms with van der Waals surface area (Å²) in [5.74, 6) is 0.787. The van der Waals surface area contributed by atoms with E-state index in [1.54, 1.807) is 4.68 Å². The van der Waals surface area contributed by atoms with Crippen molar-refractivity contribution in [3.63, 3.8) is 0 Å². The second kappa shape index (κ2) is 15.2. The quantitative estimate of drug-likeness (QED) is 0.0907. The minimum atomic E-state index is -1.93. The number of hydrogen-bond acceptors (Lipinski definition) is 7. The molecule has 0 atom stereocenters. The van der Waals surface area contributed by atoms with E-state index >= 15 is 0 Å². The van der Waals surface area contributed by atoms with Gasteiger partial charge in [-0.3, -0.25) is 0 Å². The predicted octanol–water partition coefficient (Wildman–Crippen LogP) is 9.52. The van der Waals surface area contributed by atoms with Gasteiger partial charge in [0.2, 0.25) is 0 Å². The van der Waals surface area contributed by atoms with Gasteiger partial charge in [-0.05, 0) is 52.4 Å². The molecule has 49 heavy (non-hydrogen) atoms. The number of esters is 1. The van der Waals surface area contributed by atoms with Gasteiger partial charge >= 0.3 is 5.97 Å². The van der Waals surface area contributed by atoms with E-state index in [0.29, 0.717) is 42.7 Å². The molecule has 1 aromatic heterocycles. The van der Waals surface area contributed by atoms with Crippen molar-refractivity contribution in [3.8, 4) is 28.4 Å². The number of carbonyl (C=O) groups is 1. The number of ether oxygens (including phenoxy) is 3. The second-order valence-corrected chi connectivity index (χ2v) is 18.8. The van der Waals surface area contributed by atoms with Crippen LogP contribution in [0, 0.1) is 0 Å². The fraction of sp³-hybridized carbons (Fsp3) is 0.325. The third-order valence-corrected chi connectivity index (χ3v) is 13.6. The highest BCUT2D eigenvalue weighted by Crippen LogP contribution is 2.40. The first-order valence-electron chi connectivity index (χ1n) is 16.7. The molecule has 0 aliphatic rings. The normalized spacial score (nSPS) is 11.9. The average molecular weight is 678 g/mol. The van der Waals surface area contributed by atoms with Gasteiger partial charge in [0, 0.05) is 11.6 Å². The Bertz CT molecular complexity index is 1850. The molecule has 5 aromatic rings. The van der Waals surface area contributed by atoms with Crippen LogP contribution in [0.4, 0.5) is 0 Å². The lowest BCUT2D eigenvalue weighted by Crippen LogP contribution is -2.40. The van der Waals surface area contributed by atoms with E-state index in [-0.39, 0.29) is 16.7 Å². The molecule has 0 saturated carbocycles. The molecule has 0 aliphatic carbocycles. The molecule has 0 amide bonds. The Kier molecular flexibility index (Phi) is 11.0. The summed E-state index contributed by atoms with van der Waals surface area (Å²) in [4.78, 5) is 13.1. The van der Waals surface area contributed by atoms with Crippen LogP contribution in [0.3, 0.4) is 0 Å². The zero-order chi connectivity index (χ0) is 35.2. The fourth-order valence-corrected chi connectivity index (χ4v) is 6.04. The summed E-state index contributed by atoms with van der Waals surface area (Å²) in [6.45, 7) is 16.7. The summed E-state index contributed by atoms with van der Waals surface area (Å²) in [7, 11) is -0.586. The van der Waals surface area contributed by atoms with Crippen LogP contribution in [0.15, 0.2) is 97.1 Å². The summed E-state index contributed by atoms with van der Waals surface area (Å²) < 4.78 is 26.2. The highest BCUT2D eigenvalue weighted by Gasteiger charge is 2.37. The summed E-state index contributed by atoms with van der Waals surface area (Å²) >= 11 is 0. The highest BCUT2D eigenvalue weighted by molar-refractivity contribution is 6.74. The van der Waals surface area contributed by atoms with E-state index in [2.05, 4.69) is 58.0 Å². The van der Waals surface area contributed by atoms with E-state index in [1.165, 1.54) is 7.11 Å². The van der Waals surface area contributed by atoms with Crippen LogP contribution < -0.4 is 9.47 Å². The van der Waals surface area contributed by atoms with Crippen LogP contribution in [0.1, 0.15) is 73.3 Å². The van der Waals surface area contributed by atoms with E-state index < -0.39 is 14.3 Å². The van der Waals surface area contributed by atoms with Gasteiger partial charge in [0.15, 0.2) is 14.0 Å². The van der Waals surface area contributed by atoms with Gasteiger partial charge < -0.3 is 18.6 Å². The third kappa shape index (κ3) is 8.47. The SMILES string of the molecule is COC(=O)c1nnn(-c2cc(C(C)C)c(OCc3ccccc3)cc2OCc2ccccc2)c1-c1ccc(CO[Si](C)(C)C(C)(C)C)cc1. The van der Waals surface area contributed by atoms with Crippen molar-refractivity contribution in [3.05, 3.63) is 125 Å². The van der Waals surface area contributed by atoms with Crippen LogP contribution in [-0.4, -0.2) is 36.4 Å². The number of methoxy groups -OCH3 is 1. The maximum absolute atomic E-state index is 13.1. The molecule has 4 aromatic carbocycles. The Balaban J connectivity index is 1.58. The molecule has 8 nitrogen and oxygen atoms in total. The van der Waals surface area contributed by atoms with E-state index in [4.69, 9.17) is 18.6 Å². The Morgan fingerprint density at radius 2 is 1.33 bits per heavy atom. The van der Waals surface area contributed by atoms with Crippen molar-refractivity contribution >= 4 is 14.3 Å². The van der Waals surface area contributed by atoms with Crippen molar-refractivity contribution in [2.45, 2.75) is 78.5 Å². The lowest BCUT2D eigenvalue weighted by Gasteiger charge is -2.36. The number of carbonyl (C=O) groups excluding carboxylic acids is 1. The summed E-state index contributed by atoms with van der Waals surface area (Å²) in [6.07, 6.45) is 0. The molecule has 1 heterocycles. The minimum absolute atomic E-state index is 0.109. The number of nitrogens with zero attached hydrogens (tertiary/aromatic N) is 3. The summed E-state index contributed by atoms with van der Waals surface area (Å²) in [5.41, 5.74) is 6.09. The molecule has 9 heteroatoms. The predicted molar refractivity (Wildman–Crippen MR) is 196 cm³/mol. The Hall–Kier alpha value is -4.73. The molecular formula is C40H47N3O5Si. The van der Waals surface area contributed by atoms with Gasteiger partial charge in [-0.1, -0.05) is 125 Å². The number of benzene rings is 4. The van der Waals surface area contributed by atoms with Gasteiger partial charge in [0.25, 0.3) is 0 Å². The van der Waals surface area contributed by atoms with Crippen LogP contribution in [0.2, 0.25) is 18.1 Å². The zero-order valence-electron chi connectivity index (χ0n) is 29.8. The molecule has 0 saturated heterocycles. The molecule has 0 fully saturated rings. The Labute approximate surface area is 291 Å². The van der Waals surface area contributed by atoms with Crippen molar-refractivity contribution < 1.29 is 23.4 Å². The molecule has 0 unspecified atom stereocenters. The monoisotopic (exact) mass is 677 g/mol. The maximum Gasteiger partial charge on any atom is 0.360 e. The highest BCUT2D eigenvalue weighted by atomic mass is 28.4. The first-order chi connectivity index (χ1) is 23.4. The molecule has 0 radical (unpaired) electrons. The molecule has 0 bridgehead atoms. The maximum atomic E-state index is 13.1. The lowest BCUT2D eigenvalue weighted by molar-refractivity contribution is 0.0595. The number of rotatable bonds is 13. The zero-order valence-corrected chi connectivity index (χ0v) is 30.8. The van der Waals surface area contributed by atoms with Crippen molar-refractivity contribution in [2.75, 3.05) is 7.11 Å². The van der Waals surface area contributed by atoms with Gasteiger partial charge in [-0.15, -0.1) is 5.10 Å². The smallest absolute Gasteiger partial charge is 0.360 e. The van der Waals surface area contributed by atoms with Crippen molar-refractivity contribution in [2.24, 2.45) is 0 Å². The molecule has 256 valence electrons. The molecular weight excluding hydrogens is 631 g/mol. The Morgan fingerprint density at radius 3 is 1.86 bits per heavy atom. The fourth-order valence-electron chi connectivity index (χ4n) is 5.08. The van der Waals surface area contributed by atoms with E-state index in [9.17, 15) is 4.79 Å². The summed E-state index contributed by atoms with van der Waals surface area (Å²) in [5, 5.41) is 8.95. The van der Waals surface area contributed by atoms with Crippen molar-refractivity contribution in [1.29, 1.82) is 0 Å². The van der Waals surface area contributed by atoms with Crippen LogP contribution in [0.5, 0.6) is 11.5 Å². The van der Waals surface area contributed by atoms with Crippen LogP contribution >= 0.6 is 0 Å². The van der Waals surface area contributed by atoms with Gasteiger partial charge in [0.1, 0.15) is 36.1 Å². The second-order valence-electron chi connectivity index (χ2n) is 14.0. The minimum Gasteiger partial charge on any atom is -0.488 e. The van der Waals surface area contributed by atoms with Gasteiger partial charge in [-0.2, -0.15) is 0 Å². The topological polar surface area (TPSA) is 84.7 Å². The summed E-state index contributed by atoms with van der Waals surface area (Å²) in [6, 6.07) is 32.0. The first kappa shape index (κ1) is 35.6. The van der Waals surface area contributed by atoms with Gasteiger partial charge in [-0.25, -0.2) is 9.48 Å². The van der Waals surface area contributed by atoms with Gasteiger partial charge in [0.05, 0.1) is 13.7 Å². The molecule has 0 spiro atoms.